The van der Waals surface area contributed by atoms with E-state index in [-0.39, 0.29) is 35.4 Å². The minimum Gasteiger partial charge on any atom is -0.352 e. The van der Waals surface area contributed by atoms with Gasteiger partial charge in [0.1, 0.15) is 6.04 Å². The van der Waals surface area contributed by atoms with Crippen molar-refractivity contribution in [3.8, 4) is 0 Å². The molecule has 1 saturated heterocycles. The minimum atomic E-state index is -3.04. The van der Waals surface area contributed by atoms with Crippen LogP contribution in [0.25, 0.3) is 0 Å². The third-order valence-corrected chi connectivity index (χ3v) is 6.04. The van der Waals surface area contributed by atoms with E-state index < -0.39 is 21.9 Å². The van der Waals surface area contributed by atoms with Crippen LogP contribution >= 0.6 is 0 Å². The first kappa shape index (κ1) is 17.1. The van der Waals surface area contributed by atoms with Crippen LogP contribution in [0.1, 0.15) is 39.5 Å². The van der Waals surface area contributed by atoms with Gasteiger partial charge in [0.25, 0.3) is 0 Å². The van der Waals surface area contributed by atoms with Gasteiger partial charge in [-0.25, -0.2) is 13.2 Å². The summed E-state index contributed by atoms with van der Waals surface area (Å²) < 4.78 is 22.8. The lowest BCUT2D eigenvalue weighted by atomic mass is 9.98. The zero-order valence-electron chi connectivity index (χ0n) is 13.1. The molecular formula is C14H25N3O4S. The Labute approximate surface area is 131 Å². The van der Waals surface area contributed by atoms with Crippen LogP contribution in [0.4, 0.5) is 4.79 Å². The van der Waals surface area contributed by atoms with Crippen LogP contribution in [0.2, 0.25) is 0 Å². The zero-order chi connectivity index (χ0) is 16.3. The first-order valence-electron chi connectivity index (χ1n) is 7.88. The lowest BCUT2D eigenvalue weighted by Crippen LogP contribution is -2.54. The predicted octanol–water partition coefficient (Wildman–Crippen LogP) is 0.166. The first-order valence-corrected chi connectivity index (χ1v) is 9.70. The zero-order valence-corrected chi connectivity index (χ0v) is 13.9. The molecule has 3 amide bonds. The maximum absolute atomic E-state index is 12.2. The number of hydrogen-bond donors (Lipinski definition) is 3. The molecule has 0 bridgehead atoms. The summed E-state index contributed by atoms with van der Waals surface area (Å²) in [6.45, 7) is 3.88. The second-order valence-corrected chi connectivity index (χ2v) is 8.59. The Kier molecular flexibility index (Phi) is 5.31. The van der Waals surface area contributed by atoms with Gasteiger partial charge in [0.15, 0.2) is 9.84 Å². The summed E-state index contributed by atoms with van der Waals surface area (Å²) in [6.07, 6.45) is 3.18. The van der Waals surface area contributed by atoms with Crippen LogP contribution in [0.5, 0.6) is 0 Å². The molecular weight excluding hydrogens is 306 g/mol. The maximum atomic E-state index is 12.2. The summed E-state index contributed by atoms with van der Waals surface area (Å²) in [7, 11) is -3.04. The van der Waals surface area contributed by atoms with Crippen molar-refractivity contribution in [3.05, 3.63) is 0 Å². The van der Waals surface area contributed by atoms with Gasteiger partial charge >= 0.3 is 6.03 Å². The molecule has 1 saturated carbocycles. The van der Waals surface area contributed by atoms with Crippen LogP contribution in [-0.2, 0) is 14.6 Å². The fourth-order valence-corrected chi connectivity index (χ4v) is 4.17. The SMILES string of the molecule is CC[C@@H](C)[C@H](NC(=O)NC1CCS(=O)(=O)C1)C(=O)NC1CC1. The summed E-state index contributed by atoms with van der Waals surface area (Å²) in [5, 5.41) is 8.26. The van der Waals surface area contributed by atoms with Gasteiger partial charge in [0, 0.05) is 12.1 Å². The normalized spacial score (nSPS) is 26.0. The highest BCUT2D eigenvalue weighted by molar-refractivity contribution is 7.91. The second kappa shape index (κ2) is 6.85. The molecule has 1 aliphatic carbocycles. The summed E-state index contributed by atoms with van der Waals surface area (Å²) >= 11 is 0. The third kappa shape index (κ3) is 4.86. The first-order chi connectivity index (χ1) is 10.3. The molecule has 7 nitrogen and oxygen atoms in total. The Bertz CT molecular complexity index is 530. The topological polar surface area (TPSA) is 104 Å². The lowest BCUT2D eigenvalue weighted by Gasteiger charge is -2.24. The number of urea groups is 1. The van der Waals surface area contributed by atoms with E-state index in [9.17, 15) is 18.0 Å². The van der Waals surface area contributed by atoms with Crippen molar-refractivity contribution < 1.29 is 18.0 Å². The number of amides is 3. The number of nitrogens with one attached hydrogen (secondary N) is 3. The van der Waals surface area contributed by atoms with Crippen molar-refractivity contribution in [2.24, 2.45) is 5.92 Å². The van der Waals surface area contributed by atoms with E-state index in [0.717, 1.165) is 19.3 Å². The van der Waals surface area contributed by atoms with Crippen LogP contribution < -0.4 is 16.0 Å². The fraction of sp³-hybridized carbons (Fsp3) is 0.857. The molecule has 22 heavy (non-hydrogen) atoms. The Hall–Kier alpha value is -1.31. The lowest BCUT2D eigenvalue weighted by molar-refractivity contribution is -0.124. The number of carbonyl (C=O) groups excluding carboxylic acids is 2. The molecule has 2 rings (SSSR count). The third-order valence-electron chi connectivity index (χ3n) is 4.27. The highest BCUT2D eigenvalue weighted by atomic mass is 32.2. The van der Waals surface area contributed by atoms with Crippen LogP contribution in [-0.4, -0.2) is 50.0 Å². The van der Waals surface area contributed by atoms with Gasteiger partial charge in [-0.3, -0.25) is 4.79 Å². The summed E-state index contributed by atoms with van der Waals surface area (Å²) in [5.74, 6) is -0.0692. The van der Waals surface area contributed by atoms with Gasteiger partial charge in [0.05, 0.1) is 11.5 Å². The van der Waals surface area contributed by atoms with Crippen molar-refractivity contribution in [2.45, 2.75) is 57.7 Å². The molecule has 3 atom stereocenters. The fourth-order valence-electron chi connectivity index (χ4n) is 2.50. The highest BCUT2D eigenvalue weighted by Crippen LogP contribution is 2.19. The largest absolute Gasteiger partial charge is 0.352 e. The van der Waals surface area contributed by atoms with Crippen molar-refractivity contribution in [3.63, 3.8) is 0 Å². The quantitative estimate of drug-likeness (QED) is 0.645. The predicted molar refractivity (Wildman–Crippen MR) is 83.1 cm³/mol. The van der Waals surface area contributed by atoms with E-state index in [1.807, 2.05) is 13.8 Å². The van der Waals surface area contributed by atoms with Crippen LogP contribution in [0.15, 0.2) is 0 Å². The van der Waals surface area contributed by atoms with E-state index >= 15 is 0 Å². The second-order valence-electron chi connectivity index (χ2n) is 6.36. The van der Waals surface area contributed by atoms with Crippen molar-refractivity contribution >= 4 is 21.8 Å². The molecule has 1 unspecified atom stereocenters. The Balaban J connectivity index is 1.88. The smallest absolute Gasteiger partial charge is 0.315 e. The highest BCUT2D eigenvalue weighted by Gasteiger charge is 2.33. The maximum Gasteiger partial charge on any atom is 0.315 e. The van der Waals surface area contributed by atoms with Gasteiger partial charge < -0.3 is 16.0 Å². The summed E-state index contributed by atoms with van der Waals surface area (Å²) in [5.41, 5.74) is 0. The van der Waals surface area contributed by atoms with Crippen LogP contribution in [0.3, 0.4) is 0 Å². The number of carbonyl (C=O) groups is 2. The number of rotatable bonds is 6. The molecule has 0 radical (unpaired) electrons. The van der Waals surface area contributed by atoms with E-state index in [1.54, 1.807) is 0 Å². The minimum absolute atomic E-state index is 0.0109. The average molecular weight is 331 g/mol. The molecule has 0 aromatic carbocycles. The Morgan fingerprint density at radius 2 is 1.82 bits per heavy atom. The van der Waals surface area contributed by atoms with E-state index in [2.05, 4.69) is 16.0 Å². The molecule has 8 heteroatoms. The van der Waals surface area contributed by atoms with E-state index in [0.29, 0.717) is 6.42 Å². The Morgan fingerprint density at radius 3 is 2.32 bits per heavy atom. The van der Waals surface area contributed by atoms with E-state index in [1.165, 1.54) is 0 Å². The molecule has 0 aromatic heterocycles. The monoisotopic (exact) mass is 331 g/mol. The molecule has 1 aliphatic heterocycles. The van der Waals surface area contributed by atoms with Gasteiger partial charge in [0.2, 0.25) is 5.91 Å². The van der Waals surface area contributed by atoms with E-state index in [4.69, 9.17) is 0 Å². The van der Waals surface area contributed by atoms with Gasteiger partial charge in [-0.1, -0.05) is 20.3 Å². The molecule has 2 aliphatic rings. The average Bonchev–Trinajstić information content (AvgIpc) is 3.18. The van der Waals surface area contributed by atoms with Gasteiger partial charge in [-0.15, -0.1) is 0 Å². The number of sulfone groups is 1. The summed E-state index contributed by atoms with van der Waals surface area (Å²) in [4.78, 5) is 24.3. The molecule has 3 N–H and O–H groups in total. The molecule has 126 valence electrons. The summed E-state index contributed by atoms with van der Waals surface area (Å²) in [6, 6.07) is -1.19. The standard InChI is InChI=1S/C14H25N3O4S/c1-3-9(2)12(13(18)15-10-4-5-10)17-14(19)16-11-6-7-22(20,21)8-11/h9-12H,3-8H2,1-2H3,(H,15,18)(H2,16,17,19)/t9-,11?,12+/m1/s1. The van der Waals surface area contributed by atoms with Crippen molar-refractivity contribution in [1.82, 2.24) is 16.0 Å². The molecule has 1 heterocycles. The van der Waals surface area contributed by atoms with Gasteiger partial charge in [-0.2, -0.15) is 0 Å². The van der Waals surface area contributed by atoms with Crippen molar-refractivity contribution in [2.75, 3.05) is 11.5 Å². The van der Waals surface area contributed by atoms with Crippen LogP contribution in [0, 0.1) is 5.92 Å². The molecule has 0 aromatic rings. The number of hydrogen-bond acceptors (Lipinski definition) is 4. The Morgan fingerprint density at radius 1 is 1.14 bits per heavy atom. The molecule has 2 fully saturated rings. The van der Waals surface area contributed by atoms with Crippen molar-refractivity contribution in [1.29, 1.82) is 0 Å². The van der Waals surface area contributed by atoms with Gasteiger partial charge in [-0.05, 0) is 25.2 Å². The molecule has 0 spiro atoms.